The summed E-state index contributed by atoms with van der Waals surface area (Å²) < 4.78 is 13.4. The highest BCUT2D eigenvalue weighted by molar-refractivity contribution is 6.33. The van der Waals surface area contributed by atoms with Gasteiger partial charge >= 0.3 is 0 Å². The van der Waals surface area contributed by atoms with E-state index in [0.717, 1.165) is 36.8 Å². The van der Waals surface area contributed by atoms with Gasteiger partial charge in [0, 0.05) is 18.3 Å². The average Bonchev–Trinajstić information content (AvgIpc) is 2.75. The predicted molar refractivity (Wildman–Crippen MR) is 118 cm³/mol. The van der Waals surface area contributed by atoms with Crippen LogP contribution >= 0.6 is 11.6 Å². The van der Waals surface area contributed by atoms with Crippen LogP contribution in [0.15, 0.2) is 54.7 Å². The van der Waals surface area contributed by atoms with Crippen LogP contribution in [0.2, 0.25) is 5.02 Å². The van der Waals surface area contributed by atoms with Crippen molar-refractivity contribution in [3.05, 3.63) is 71.1 Å². The molecule has 1 aromatic carbocycles. The van der Waals surface area contributed by atoms with Gasteiger partial charge in [-0.15, -0.1) is 0 Å². The smallest absolute Gasteiger partial charge is 0.126 e. The molecule has 2 aromatic heterocycles. The molecule has 5 nitrogen and oxygen atoms in total. The summed E-state index contributed by atoms with van der Waals surface area (Å²) in [5.41, 5.74) is 2.30. The Labute approximate surface area is 180 Å². The van der Waals surface area contributed by atoms with Crippen molar-refractivity contribution >= 4 is 23.2 Å². The molecule has 0 aliphatic heterocycles. The van der Waals surface area contributed by atoms with Gasteiger partial charge in [0.25, 0.3) is 0 Å². The van der Waals surface area contributed by atoms with Crippen molar-refractivity contribution in [3.63, 3.8) is 0 Å². The quantitative estimate of drug-likeness (QED) is 0.501. The van der Waals surface area contributed by atoms with Gasteiger partial charge in [-0.25, -0.2) is 14.4 Å². The van der Waals surface area contributed by atoms with Gasteiger partial charge in [-0.2, -0.15) is 0 Å². The molecule has 2 heterocycles. The Morgan fingerprint density at radius 2 is 1.90 bits per heavy atom. The highest BCUT2D eigenvalue weighted by atomic mass is 35.5. The molecule has 30 heavy (non-hydrogen) atoms. The Morgan fingerprint density at radius 1 is 1.07 bits per heavy atom. The first-order chi connectivity index (χ1) is 14.6. The first-order valence-corrected chi connectivity index (χ1v) is 10.5. The summed E-state index contributed by atoms with van der Waals surface area (Å²) in [5, 5.41) is 17.3. The number of aliphatic hydroxyl groups excluding tert-OH is 1. The molecule has 3 aromatic rings. The summed E-state index contributed by atoms with van der Waals surface area (Å²) >= 11 is 6.40. The molecule has 0 amide bonds. The zero-order valence-electron chi connectivity index (χ0n) is 16.5. The number of hydrogen-bond donors (Lipinski definition) is 3. The molecular weight excluding hydrogens is 403 g/mol. The van der Waals surface area contributed by atoms with Gasteiger partial charge in [-0.3, -0.25) is 0 Å². The van der Waals surface area contributed by atoms with Crippen molar-refractivity contribution in [2.45, 2.75) is 44.4 Å². The van der Waals surface area contributed by atoms with Crippen LogP contribution < -0.4 is 10.6 Å². The SMILES string of the molecule is O[C@H]1CCCC[C@H]1Nc1cc(-c2cccc(NCc3cccc(F)c3)n2)c(Cl)cn1. The summed E-state index contributed by atoms with van der Waals surface area (Å²) in [5.74, 6) is 1.07. The molecule has 0 spiro atoms. The molecule has 4 rings (SSSR count). The van der Waals surface area contributed by atoms with Crippen LogP contribution in [0.25, 0.3) is 11.3 Å². The number of nitrogens with zero attached hydrogens (tertiary/aromatic N) is 2. The second-order valence-electron chi connectivity index (χ2n) is 7.54. The lowest BCUT2D eigenvalue weighted by atomic mass is 9.92. The number of nitrogens with one attached hydrogen (secondary N) is 2. The van der Waals surface area contributed by atoms with Crippen LogP contribution in [0, 0.1) is 5.82 Å². The Bertz CT molecular complexity index is 1020. The fourth-order valence-corrected chi connectivity index (χ4v) is 3.91. The lowest BCUT2D eigenvalue weighted by Gasteiger charge is -2.28. The number of aliphatic hydroxyl groups is 1. The third-order valence-corrected chi connectivity index (χ3v) is 5.61. The molecule has 0 bridgehead atoms. The minimum Gasteiger partial charge on any atom is -0.391 e. The highest BCUT2D eigenvalue weighted by Gasteiger charge is 2.23. The molecule has 2 atom stereocenters. The maximum Gasteiger partial charge on any atom is 0.126 e. The second-order valence-corrected chi connectivity index (χ2v) is 7.95. The first kappa shape index (κ1) is 20.6. The predicted octanol–water partition coefficient (Wildman–Crippen LogP) is 5.26. The Balaban J connectivity index is 1.51. The number of aromatic nitrogens is 2. The number of rotatable bonds is 6. The van der Waals surface area contributed by atoms with E-state index in [-0.39, 0.29) is 18.0 Å². The minimum absolute atomic E-state index is 0.00694. The van der Waals surface area contributed by atoms with Crippen LogP contribution in [0.3, 0.4) is 0 Å². The van der Waals surface area contributed by atoms with Crippen molar-refractivity contribution in [3.8, 4) is 11.3 Å². The van der Waals surface area contributed by atoms with Crippen LogP contribution in [-0.4, -0.2) is 27.2 Å². The molecule has 1 aliphatic carbocycles. The standard InChI is InChI=1S/C23H24ClFN4O/c24-18-14-27-23(29-20-7-1-2-9-21(20)30)12-17(18)19-8-4-10-22(28-19)26-13-15-5-3-6-16(25)11-15/h3-6,8,10-12,14,20-21,30H,1-2,7,9,13H2,(H,26,28)(H,27,29)/t20-,21+/m1/s1. The van der Waals surface area contributed by atoms with E-state index in [2.05, 4.69) is 20.6 Å². The van der Waals surface area contributed by atoms with Gasteiger partial charge in [-0.1, -0.05) is 42.6 Å². The van der Waals surface area contributed by atoms with Gasteiger partial charge < -0.3 is 15.7 Å². The monoisotopic (exact) mass is 426 g/mol. The lowest BCUT2D eigenvalue weighted by molar-refractivity contribution is 0.116. The highest BCUT2D eigenvalue weighted by Crippen LogP contribution is 2.30. The van der Waals surface area contributed by atoms with Gasteiger partial charge in [0.2, 0.25) is 0 Å². The molecule has 7 heteroatoms. The fraction of sp³-hybridized carbons (Fsp3) is 0.304. The summed E-state index contributed by atoms with van der Waals surface area (Å²) in [6.45, 7) is 0.463. The maximum atomic E-state index is 13.4. The van der Waals surface area contributed by atoms with E-state index in [9.17, 15) is 9.50 Å². The van der Waals surface area contributed by atoms with Crippen LogP contribution in [0.5, 0.6) is 0 Å². The van der Waals surface area contributed by atoms with Crippen molar-refractivity contribution in [1.82, 2.24) is 9.97 Å². The van der Waals surface area contributed by atoms with Crippen LogP contribution in [-0.2, 0) is 6.54 Å². The number of halogens is 2. The molecular formula is C23H24ClFN4O. The van der Waals surface area contributed by atoms with Crippen molar-refractivity contribution < 1.29 is 9.50 Å². The summed E-state index contributed by atoms with van der Waals surface area (Å²) in [4.78, 5) is 9.02. The van der Waals surface area contributed by atoms with Crippen LogP contribution in [0.4, 0.5) is 16.0 Å². The minimum atomic E-state index is -0.367. The van der Waals surface area contributed by atoms with Gasteiger partial charge in [0.1, 0.15) is 17.5 Å². The zero-order valence-corrected chi connectivity index (χ0v) is 17.2. The van der Waals surface area contributed by atoms with E-state index in [0.29, 0.717) is 28.9 Å². The Hall–Kier alpha value is -2.70. The van der Waals surface area contributed by atoms with E-state index in [4.69, 9.17) is 11.6 Å². The summed E-state index contributed by atoms with van der Waals surface area (Å²) in [6, 6.07) is 13.9. The summed E-state index contributed by atoms with van der Waals surface area (Å²) in [6.07, 6.45) is 5.10. The lowest BCUT2D eigenvalue weighted by Crippen LogP contribution is -2.36. The molecule has 0 radical (unpaired) electrons. The van der Waals surface area contributed by atoms with E-state index >= 15 is 0 Å². The van der Waals surface area contributed by atoms with Gasteiger partial charge in [0.05, 0.1) is 22.9 Å². The molecule has 0 unspecified atom stereocenters. The Morgan fingerprint density at radius 3 is 2.73 bits per heavy atom. The molecule has 0 saturated heterocycles. The number of anilines is 2. The molecule has 1 saturated carbocycles. The number of hydrogen-bond acceptors (Lipinski definition) is 5. The third kappa shape index (κ3) is 5.07. The number of benzene rings is 1. The van der Waals surface area contributed by atoms with Crippen molar-refractivity contribution in [1.29, 1.82) is 0 Å². The first-order valence-electron chi connectivity index (χ1n) is 10.1. The fourth-order valence-electron chi connectivity index (χ4n) is 3.71. The van der Waals surface area contributed by atoms with E-state index in [1.54, 1.807) is 12.3 Å². The average molecular weight is 427 g/mol. The van der Waals surface area contributed by atoms with E-state index in [1.807, 2.05) is 30.3 Å². The molecule has 1 aliphatic rings. The van der Waals surface area contributed by atoms with Gasteiger partial charge in [-0.05, 0) is 48.7 Å². The normalized spacial score (nSPS) is 18.8. The van der Waals surface area contributed by atoms with Gasteiger partial charge in [0.15, 0.2) is 0 Å². The van der Waals surface area contributed by atoms with E-state index < -0.39 is 0 Å². The molecule has 156 valence electrons. The zero-order chi connectivity index (χ0) is 20.9. The number of pyridine rings is 2. The van der Waals surface area contributed by atoms with Crippen LogP contribution in [0.1, 0.15) is 31.2 Å². The Kier molecular flexibility index (Phi) is 6.45. The summed E-state index contributed by atoms with van der Waals surface area (Å²) in [7, 11) is 0. The van der Waals surface area contributed by atoms with Crippen molar-refractivity contribution in [2.24, 2.45) is 0 Å². The topological polar surface area (TPSA) is 70.1 Å². The molecule has 1 fully saturated rings. The largest absolute Gasteiger partial charge is 0.391 e. The van der Waals surface area contributed by atoms with E-state index in [1.165, 1.54) is 12.1 Å². The van der Waals surface area contributed by atoms with Crippen molar-refractivity contribution in [2.75, 3.05) is 10.6 Å². The maximum absolute atomic E-state index is 13.4. The second kappa shape index (κ2) is 9.41. The third-order valence-electron chi connectivity index (χ3n) is 5.31. The molecule has 3 N–H and O–H groups in total.